The number of amides is 1. The highest BCUT2D eigenvalue weighted by molar-refractivity contribution is 6.36. The molecule has 11 heteroatoms. The van der Waals surface area contributed by atoms with E-state index in [4.69, 9.17) is 26.1 Å². The Labute approximate surface area is 223 Å². The van der Waals surface area contributed by atoms with Crippen molar-refractivity contribution >= 4 is 34.4 Å². The Morgan fingerprint density at radius 2 is 2.03 bits per heavy atom. The van der Waals surface area contributed by atoms with Gasteiger partial charge in [-0.05, 0) is 18.2 Å². The van der Waals surface area contributed by atoms with Crippen LogP contribution in [-0.2, 0) is 9.53 Å². The minimum Gasteiger partial charge on any atom is -0.489 e. The zero-order chi connectivity index (χ0) is 26.8. The van der Waals surface area contributed by atoms with Gasteiger partial charge in [0.15, 0.2) is 11.4 Å². The van der Waals surface area contributed by atoms with E-state index in [1.807, 2.05) is 18.7 Å². The third-order valence-corrected chi connectivity index (χ3v) is 8.04. The highest BCUT2D eigenvalue weighted by Gasteiger charge is 2.42. The molecule has 1 aromatic carbocycles. The lowest BCUT2D eigenvalue weighted by Crippen LogP contribution is -2.56. The molecule has 0 aliphatic carbocycles. The number of anilines is 1. The number of nitrogens with zero attached hydrogens (tertiary/aromatic N) is 5. The van der Waals surface area contributed by atoms with E-state index in [1.165, 1.54) is 16.7 Å². The molecule has 1 amide bonds. The second-order valence-electron chi connectivity index (χ2n) is 10.5. The normalized spacial score (nSPS) is 22.1. The number of fused-ring (bicyclic) bond motifs is 2. The Morgan fingerprint density at radius 1 is 1.24 bits per heavy atom. The van der Waals surface area contributed by atoms with Gasteiger partial charge in [0, 0.05) is 30.6 Å². The van der Waals surface area contributed by atoms with Gasteiger partial charge in [-0.25, -0.2) is 14.2 Å². The van der Waals surface area contributed by atoms with E-state index in [0.717, 1.165) is 0 Å². The van der Waals surface area contributed by atoms with Crippen LogP contribution in [0.25, 0.3) is 22.3 Å². The van der Waals surface area contributed by atoms with Gasteiger partial charge in [-0.15, -0.1) is 0 Å². The van der Waals surface area contributed by atoms with Crippen molar-refractivity contribution in [1.29, 1.82) is 0 Å². The zero-order valence-electron chi connectivity index (χ0n) is 21.1. The number of carbonyl (C=O) groups is 1. The van der Waals surface area contributed by atoms with Gasteiger partial charge in [-0.3, -0.25) is 9.36 Å². The molecule has 2 aromatic heterocycles. The molecule has 9 nitrogen and oxygen atoms in total. The topological polar surface area (TPSA) is 89.8 Å². The maximum absolute atomic E-state index is 15.0. The Kier molecular flexibility index (Phi) is 5.92. The fraction of sp³-hybridized carbons (Fsp3) is 0.407. The van der Waals surface area contributed by atoms with E-state index in [-0.39, 0.29) is 46.3 Å². The molecule has 0 unspecified atom stereocenters. The molecule has 198 valence electrons. The van der Waals surface area contributed by atoms with Crippen LogP contribution in [0.1, 0.15) is 19.9 Å². The summed E-state index contributed by atoms with van der Waals surface area (Å²) in [4.78, 5) is 39.1. The van der Waals surface area contributed by atoms with Crippen LogP contribution in [0.4, 0.5) is 10.2 Å². The van der Waals surface area contributed by atoms with Gasteiger partial charge in [0.25, 0.3) is 0 Å². The summed E-state index contributed by atoms with van der Waals surface area (Å²) in [5.41, 5.74) is -0.172. The molecule has 2 fully saturated rings. The van der Waals surface area contributed by atoms with Crippen LogP contribution >= 0.6 is 11.6 Å². The van der Waals surface area contributed by atoms with Gasteiger partial charge in [0.1, 0.15) is 28.7 Å². The lowest BCUT2D eigenvalue weighted by atomic mass is 9.87. The highest BCUT2D eigenvalue weighted by Crippen LogP contribution is 2.46. The molecule has 0 N–H and O–H groups in total. The van der Waals surface area contributed by atoms with E-state index >= 15 is 0 Å². The summed E-state index contributed by atoms with van der Waals surface area (Å²) in [5.74, 6) is 0.0188. The van der Waals surface area contributed by atoms with Crippen LogP contribution in [0, 0.1) is 11.2 Å². The van der Waals surface area contributed by atoms with E-state index in [1.54, 1.807) is 23.1 Å². The molecule has 38 heavy (non-hydrogen) atoms. The largest absolute Gasteiger partial charge is 0.489 e. The fourth-order valence-electron chi connectivity index (χ4n) is 5.62. The van der Waals surface area contributed by atoms with Gasteiger partial charge in [-0.1, -0.05) is 44.2 Å². The Hall–Kier alpha value is -3.50. The van der Waals surface area contributed by atoms with Crippen LogP contribution in [0.2, 0.25) is 5.02 Å². The Bertz CT molecular complexity index is 1540. The van der Waals surface area contributed by atoms with Crippen LogP contribution in [0.15, 0.2) is 41.7 Å². The van der Waals surface area contributed by atoms with Gasteiger partial charge >= 0.3 is 5.69 Å². The molecule has 3 aliphatic rings. The molecule has 5 heterocycles. The first kappa shape index (κ1) is 24.8. The van der Waals surface area contributed by atoms with Crippen LogP contribution < -0.4 is 15.3 Å². The summed E-state index contributed by atoms with van der Waals surface area (Å²) in [6.07, 6.45) is 1.28. The number of pyridine rings is 1. The summed E-state index contributed by atoms with van der Waals surface area (Å²) in [7, 11) is 0. The van der Waals surface area contributed by atoms with Crippen molar-refractivity contribution in [3.05, 3.63) is 58.2 Å². The van der Waals surface area contributed by atoms with Crippen molar-refractivity contribution in [2.24, 2.45) is 5.41 Å². The minimum atomic E-state index is -0.495. The number of ether oxygens (including phenoxy) is 2. The molecule has 2 saturated heterocycles. The SMILES string of the molecule is C=CC(=O)N1CCN2c3nc(=O)n([C@H]4COCC4(C)C)c4nc(-c5ccccc5F)c(Cl)c(c34)OC[C@H]2C1. The molecule has 0 saturated carbocycles. The van der Waals surface area contributed by atoms with Crippen LogP contribution in [-0.4, -0.2) is 70.8 Å². The minimum absolute atomic E-state index is 0.136. The maximum atomic E-state index is 15.0. The predicted octanol–water partition coefficient (Wildman–Crippen LogP) is 3.44. The number of benzene rings is 1. The molecule has 3 aromatic rings. The molecule has 0 radical (unpaired) electrons. The monoisotopic (exact) mass is 539 g/mol. The van der Waals surface area contributed by atoms with Crippen molar-refractivity contribution in [3.63, 3.8) is 0 Å². The van der Waals surface area contributed by atoms with E-state index in [2.05, 4.69) is 11.6 Å². The van der Waals surface area contributed by atoms with Gasteiger partial charge < -0.3 is 19.3 Å². The number of piperazine rings is 1. The molecule has 0 spiro atoms. The quantitative estimate of drug-likeness (QED) is 0.471. The number of carbonyl (C=O) groups excluding carboxylic acids is 1. The average Bonchev–Trinajstić information content (AvgIpc) is 3.16. The molecule has 0 bridgehead atoms. The lowest BCUT2D eigenvalue weighted by molar-refractivity contribution is -0.126. The van der Waals surface area contributed by atoms with Crippen molar-refractivity contribution in [3.8, 4) is 17.0 Å². The summed E-state index contributed by atoms with van der Waals surface area (Å²) < 4.78 is 28.6. The lowest BCUT2D eigenvalue weighted by Gasteiger charge is -2.40. The number of halogens is 2. The van der Waals surface area contributed by atoms with E-state index in [9.17, 15) is 14.0 Å². The number of hydrogen-bond donors (Lipinski definition) is 0. The average molecular weight is 540 g/mol. The maximum Gasteiger partial charge on any atom is 0.351 e. The standard InChI is InChI=1S/C27H27ClFN5O4/c1-4-19(35)32-9-10-33-15(11-32)12-38-23-20-24(33)31-26(36)34(18-13-37-14-27(18,2)3)25(20)30-22(21(23)28)16-7-5-6-8-17(16)29/h4-8,15,18H,1,9-14H2,2-3H3/t15-,18+/m1/s1. The number of aromatic nitrogens is 3. The first-order valence-corrected chi connectivity index (χ1v) is 12.9. The van der Waals surface area contributed by atoms with E-state index < -0.39 is 11.5 Å². The van der Waals surface area contributed by atoms with Crippen molar-refractivity contribution in [2.45, 2.75) is 25.9 Å². The highest BCUT2D eigenvalue weighted by atomic mass is 35.5. The molecular weight excluding hydrogens is 513 g/mol. The second kappa shape index (κ2) is 9.06. The summed E-state index contributed by atoms with van der Waals surface area (Å²) >= 11 is 6.89. The first-order chi connectivity index (χ1) is 18.2. The molecular formula is C27H27ClFN5O4. The van der Waals surface area contributed by atoms with Gasteiger partial charge in [0.05, 0.1) is 31.0 Å². The van der Waals surface area contributed by atoms with Gasteiger partial charge in [0.2, 0.25) is 5.91 Å². The smallest absolute Gasteiger partial charge is 0.351 e. The third-order valence-electron chi connectivity index (χ3n) is 7.69. The summed E-state index contributed by atoms with van der Waals surface area (Å²) in [6, 6.07) is 5.57. The third kappa shape index (κ3) is 3.77. The van der Waals surface area contributed by atoms with Crippen molar-refractivity contribution in [1.82, 2.24) is 19.4 Å². The summed E-state index contributed by atoms with van der Waals surface area (Å²) in [6.45, 7) is 9.81. The van der Waals surface area contributed by atoms with E-state index in [0.29, 0.717) is 55.4 Å². The molecule has 6 rings (SSSR count). The molecule has 2 atom stereocenters. The zero-order valence-corrected chi connectivity index (χ0v) is 21.9. The van der Waals surface area contributed by atoms with Crippen LogP contribution in [0.5, 0.6) is 5.75 Å². The second-order valence-corrected chi connectivity index (χ2v) is 10.9. The van der Waals surface area contributed by atoms with Crippen LogP contribution in [0.3, 0.4) is 0 Å². The van der Waals surface area contributed by atoms with Crippen molar-refractivity contribution < 1.29 is 18.7 Å². The Balaban J connectivity index is 1.63. The fourth-order valence-corrected chi connectivity index (χ4v) is 5.91. The number of hydrogen-bond acceptors (Lipinski definition) is 7. The first-order valence-electron chi connectivity index (χ1n) is 12.5. The van der Waals surface area contributed by atoms with Crippen molar-refractivity contribution in [2.75, 3.05) is 44.4 Å². The molecule has 3 aliphatic heterocycles. The van der Waals surface area contributed by atoms with Gasteiger partial charge in [-0.2, -0.15) is 4.98 Å². The number of rotatable bonds is 3. The summed E-state index contributed by atoms with van der Waals surface area (Å²) in [5, 5.41) is 0.625. The Morgan fingerprint density at radius 3 is 2.74 bits per heavy atom. The predicted molar refractivity (Wildman–Crippen MR) is 141 cm³/mol.